The van der Waals surface area contributed by atoms with E-state index in [1.54, 1.807) is 0 Å². The lowest BCUT2D eigenvalue weighted by molar-refractivity contribution is -0.128. The molecular formula is C18H20N2O3. The predicted molar refractivity (Wildman–Crippen MR) is 88.5 cm³/mol. The highest BCUT2D eigenvalue weighted by atomic mass is 16.5. The number of amides is 1. The first-order valence-corrected chi connectivity index (χ1v) is 7.72. The number of hydrogen-bond acceptors (Lipinski definition) is 4. The highest BCUT2D eigenvalue weighted by Crippen LogP contribution is 2.19. The zero-order chi connectivity index (χ0) is 15.9. The van der Waals surface area contributed by atoms with Gasteiger partial charge in [0.15, 0.2) is 0 Å². The summed E-state index contributed by atoms with van der Waals surface area (Å²) in [7, 11) is 0. The zero-order valence-electron chi connectivity index (χ0n) is 12.8. The molecule has 1 heterocycles. The van der Waals surface area contributed by atoms with Gasteiger partial charge in [-0.05, 0) is 18.2 Å². The lowest BCUT2D eigenvalue weighted by atomic mass is 10.1. The van der Waals surface area contributed by atoms with Crippen molar-refractivity contribution in [1.29, 1.82) is 0 Å². The minimum atomic E-state index is -0.452. The first-order valence-electron chi connectivity index (χ1n) is 7.72. The average Bonchev–Trinajstić information content (AvgIpc) is 2.62. The van der Waals surface area contributed by atoms with Gasteiger partial charge >= 0.3 is 0 Å². The number of rotatable bonds is 5. The summed E-state index contributed by atoms with van der Waals surface area (Å²) >= 11 is 0. The van der Waals surface area contributed by atoms with Gasteiger partial charge in [-0.2, -0.15) is 0 Å². The number of carbonyl (C=O) groups is 1. The number of hydrogen-bond donors (Lipinski definition) is 2. The van der Waals surface area contributed by atoms with Gasteiger partial charge < -0.3 is 20.1 Å². The van der Waals surface area contributed by atoms with Gasteiger partial charge in [0.05, 0.1) is 6.61 Å². The SMILES string of the molecule is O=C(Nc1ccccc1COc1ccccc1)C1CNCCO1. The minimum Gasteiger partial charge on any atom is -0.489 e. The monoisotopic (exact) mass is 312 g/mol. The van der Waals surface area contributed by atoms with Gasteiger partial charge in [0.1, 0.15) is 18.5 Å². The summed E-state index contributed by atoms with van der Waals surface area (Å²) in [6.45, 7) is 2.26. The van der Waals surface area contributed by atoms with Crippen LogP contribution in [0.25, 0.3) is 0 Å². The normalized spacial score (nSPS) is 17.5. The van der Waals surface area contributed by atoms with Crippen molar-refractivity contribution in [2.75, 3.05) is 25.0 Å². The Hall–Kier alpha value is -2.37. The number of para-hydroxylation sites is 2. The van der Waals surface area contributed by atoms with Crippen molar-refractivity contribution in [3.8, 4) is 5.75 Å². The maximum absolute atomic E-state index is 12.3. The Morgan fingerprint density at radius 2 is 1.96 bits per heavy atom. The third kappa shape index (κ3) is 4.31. The summed E-state index contributed by atoms with van der Waals surface area (Å²) in [6, 6.07) is 17.2. The molecule has 0 saturated carbocycles. The maximum atomic E-state index is 12.3. The summed E-state index contributed by atoms with van der Waals surface area (Å²) in [5, 5.41) is 6.08. The molecule has 120 valence electrons. The molecule has 0 aliphatic carbocycles. The van der Waals surface area contributed by atoms with Crippen molar-refractivity contribution in [1.82, 2.24) is 5.32 Å². The van der Waals surface area contributed by atoms with E-state index in [0.29, 0.717) is 19.8 Å². The van der Waals surface area contributed by atoms with Crippen molar-refractivity contribution in [3.63, 3.8) is 0 Å². The van der Waals surface area contributed by atoms with Crippen LogP contribution >= 0.6 is 0 Å². The largest absolute Gasteiger partial charge is 0.489 e. The van der Waals surface area contributed by atoms with Gasteiger partial charge in [-0.3, -0.25) is 4.79 Å². The van der Waals surface area contributed by atoms with Crippen LogP contribution in [-0.2, 0) is 16.1 Å². The topological polar surface area (TPSA) is 59.6 Å². The van der Waals surface area contributed by atoms with Gasteiger partial charge in [-0.1, -0.05) is 36.4 Å². The van der Waals surface area contributed by atoms with E-state index in [4.69, 9.17) is 9.47 Å². The molecule has 5 heteroatoms. The lowest BCUT2D eigenvalue weighted by Crippen LogP contribution is -2.45. The second kappa shape index (κ2) is 7.76. The van der Waals surface area contributed by atoms with Gasteiger partial charge in [0, 0.05) is 24.3 Å². The van der Waals surface area contributed by atoms with Crippen molar-refractivity contribution in [3.05, 3.63) is 60.2 Å². The molecular weight excluding hydrogens is 292 g/mol. The summed E-state index contributed by atoms with van der Waals surface area (Å²) < 4.78 is 11.2. The molecule has 2 N–H and O–H groups in total. The minimum absolute atomic E-state index is 0.135. The van der Waals surface area contributed by atoms with E-state index >= 15 is 0 Å². The Kier molecular flexibility index (Phi) is 5.24. The molecule has 1 aliphatic rings. The van der Waals surface area contributed by atoms with Crippen LogP contribution in [0.1, 0.15) is 5.56 Å². The van der Waals surface area contributed by atoms with Crippen molar-refractivity contribution >= 4 is 11.6 Å². The van der Waals surface area contributed by atoms with E-state index in [-0.39, 0.29) is 5.91 Å². The Balaban J connectivity index is 1.64. The molecule has 0 radical (unpaired) electrons. The molecule has 0 spiro atoms. The van der Waals surface area contributed by atoms with E-state index in [0.717, 1.165) is 23.5 Å². The average molecular weight is 312 g/mol. The molecule has 1 aliphatic heterocycles. The van der Waals surface area contributed by atoms with Gasteiger partial charge in [0.25, 0.3) is 5.91 Å². The number of carbonyl (C=O) groups excluding carboxylic acids is 1. The van der Waals surface area contributed by atoms with E-state index in [9.17, 15) is 4.79 Å². The molecule has 1 unspecified atom stereocenters. The first-order chi connectivity index (χ1) is 11.3. The van der Waals surface area contributed by atoms with Crippen LogP contribution in [0.3, 0.4) is 0 Å². The smallest absolute Gasteiger partial charge is 0.254 e. The highest BCUT2D eigenvalue weighted by molar-refractivity contribution is 5.95. The summed E-state index contributed by atoms with van der Waals surface area (Å²) in [4.78, 5) is 12.3. The quantitative estimate of drug-likeness (QED) is 0.888. The third-order valence-corrected chi connectivity index (χ3v) is 3.63. The second-order valence-corrected chi connectivity index (χ2v) is 5.31. The molecule has 2 aromatic carbocycles. The van der Waals surface area contributed by atoms with Crippen LogP contribution in [0.2, 0.25) is 0 Å². The number of nitrogens with one attached hydrogen (secondary N) is 2. The molecule has 2 aromatic rings. The highest BCUT2D eigenvalue weighted by Gasteiger charge is 2.22. The van der Waals surface area contributed by atoms with E-state index in [1.807, 2.05) is 54.6 Å². The van der Waals surface area contributed by atoms with E-state index < -0.39 is 6.10 Å². The Bertz CT molecular complexity index is 640. The molecule has 1 atom stereocenters. The molecule has 0 bridgehead atoms. The predicted octanol–water partition coefficient (Wildman–Crippen LogP) is 2.19. The summed E-state index contributed by atoms with van der Waals surface area (Å²) in [6.07, 6.45) is -0.452. The summed E-state index contributed by atoms with van der Waals surface area (Å²) in [5.41, 5.74) is 1.68. The Morgan fingerprint density at radius 3 is 2.74 bits per heavy atom. The van der Waals surface area contributed by atoms with Crippen LogP contribution in [-0.4, -0.2) is 31.7 Å². The number of anilines is 1. The molecule has 23 heavy (non-hydrogen) atoms. The first kappa shape index (κ1) is 15.5. The van der Waals surface area contributed by atoms with Crippen LogP contribution in [0.5, 0.6) is 5.75 Å². The molecule has 5 nitrogen and oxygen atoms in total. The van der Waals surface area contributed by atoms with Crippen molar-refractivity contribution in [2.24, 2.45) is 0 Å². The molecule has 3 rings (SSSR count). The fourth-order valence-corrected chi connectivity index (χ4v) is 2.39. The van der Waals surface area contributed by atoms with E-state index in [1.165, 1.54) is 0 Å². The van der Waals surface area contributed by atoms with Gasteiger partial charge in [0.2, 0.25) is 0 Å². The van der Waals surface area contributed by atoms with E-state index in [2.05, 4.69) is 10.6 Å². The Labute approximate surface area is 135 Å². The maximum Gasteiger partial charge on any atom is 0.254 e. The lowest BCUT2D eigenvalue weighted by Gasteiger charge is -2.23. The van der Waals surface area contributed by atoms with Crippen LogP contribution in [0.4, 0.5) is 5.69 Å². The van der Waals surface area contributed by atoms with Crippen LogP contribution in [0.15, 0.2) is 54.6 Å². The van der Waals surface area contributed by atoms with Gasteiger partial charge in [-0.25, -0.2) is 0 Å². The molecule has 1 saturated heterocycles. The summed E-state index contributed by atoms with van der Waals surface area (Å²) in [5.74, 6) is 0.665. The standard InChI is InChI=1S/C18H20N2O3/c21-18(17-12-19-10-11-22-17)20-16-9-5-4-6-14(16)13-23-15-7-2-1-3-8-15/h1-9,17,19H,10-13H2,(H,20,21). The van der Waals surface area contributed by atoms with Crippen molar-refractivity contribution < 1.29 is 14.3 Å². The van der Waals surface area contributed by atoms with Crippen LogP contribution in [0, 0.1) is 0 Å². The Morgan fingerprint density at radius 1 is 1.17 bits per heavy atom. The second-order valence-electron chi connectivity index (χ2n) is 5.31. The number of benzene rings is 2. The fraction of sp³-hybridized carbons (Fsp3) is 0.278. The number of morpholine rings is 1. The molecule has 0 aromatic heterocycles. The third-order valence-electron chi connectivity index (χ3n) is 3.63. The van der Waals surface area contributed by atoms with Gasteiger partial charge in [-0.15, -0.1) is 0 Å². The zero-order valence-corrected chi connectivity index (χ0v) is 12.8. The molecule has 1 fully saturated rings. The van der Waals surface area contributed by atoms with Crippen LogP contribution < -0.4 is 15.4 Å². The van der Waals surface area contributed by atoms with Crippen molar-refractivity contribution in [2.45, 2.75) is 12.7 Å². The number of ether oxygens (including phenoxy) is 2. The molecule has 1 amide bonds. The fourth-order valence-electron chi connectivity index (χ4n) is 2.39.